The Balaban J connectivity index is 2.27. The monoisotopic (exact) mass is 242 g/mol. The molecular weight excluding hydrogens is 229 g/mol. The highest BCUT2D eigenvalue weighted by atomic mass is 19.4. The zero-order valence-electron chi connectivity index (χ0n) is 9.47. The van der Waals surface area contributed by atoms with E-state index in [1.54, 1.807) is 0 Å². The standard InChI is InChI=1S/C13H13F3O/c1-12(7-6-11(17)8-12)9-2-4-10(5-3-9)13(14,15)16/h2-5H,6-8H2,1H3. The molecule has 1 aliphatic rings. The summed E-state index contributed by atoms with van der Waals surface area (Å²) in [4.78, 5) is 11.3. The highest BCUT2D eigenvalue weighted by Gasteiger charge is 2.36. The van der Waals surface area contributed by atoms with Gasteiger partial charge in [-0.15, -0.1) is 0 Å². The Labute approximate surface area is 97.6 Å². The third kappa shape index (κ3) is 2.35. The predicted octanol–water partition coefficient (Wildman–Crippen LogP) is 3.72. The molecule has 0 N–H and O–H groups in total. The number of benzene rings is 1. The summed E-state index contributed by atoms with van der Waals surface area (Å²) in [5.74, 6) is 0.187. The largest absolute Gasteiger partial charge is 0.416 e. The molecule has 0 spiro atoms. The van der Waals surface area contributed by atoms with Crippen LogP contribution in [0.3, 0.4) is 0 Å². The van der Waals surface area contributed by atoms with Crippen LogP contribution in [0.2, 0.25) is 0 Å². The van der Waals surface area contributed by atoms with Crippen LogP contribution in [0, 0.1) is 0 Å². The fourth-order valence-corrected chi connectivity index (χ4v) is 2.34. The minimum atomic E-state index is -4.30. The zero-order chi connectivity index (χ0) is 12.7. The number of carbonyl (C=O) groups excluding carboxylic acids is 1. The summed E-state index contributed by atoms with van der Waals surface area (Å²) >= 11 is 0. The zero-order valence-corrected chi connectivity index (χ0v) is 9.47. The van der Waals surface area contributed by atoms with Crippen molar-refractivity contribution in [3.8, 4) is 0 Å². The van der Waals surface area contributed by atoms with Crippen molar-refractivity contribution in [2.75, 3.05) is 0 Å². The van der Waals surface area contributed by atoms with Gasteiger partial charge in [0.1, 0.15) is 5.78 Å². The lowest BCUT2D eigenvalue weighted by Gasteiger charge is -2.23. The molecule has 0 heterocycles. The highest BCUT2D eigenvalue weighted by Crippen LogP contribution is 2.39. The highest BCUT2D eigenvalue weighted by molar-refractivity contribution is 5.82. The molecule has 0 aliphatic heterocycles. The fraction of sp³-hybridized carbons (Fsp3) is 0.462. The number of alkyl halides is 3. The van der Waals surface area contributed by atoms with E-state index in [1.807, 2.05) is 6.92 Å². The van der Waals surface area contributed by atoms with Crippen molar-refractivity contribution in [3.05, 3.63) is 35.4 Å². The second kappa shape index (κ2) is 3.86. The first-order valence-corrected chi connectivity index (χ1v) is 5.51. The van der Waals surface area contributed by atoms with E-state index in [0.717, 1.165) is 24.1 Å². The first-order valence-electron chi connectivity index (χ1n) is 5.51. The van der Waals surface area contributed by atoms with Crippen LogP contribution in [0.25, 0.3) is 0 Å². The van der Waals surface area contributed by atoms with E-state index in [4.69, 9.17) is 0 Å². The first-order chi connectivity index (χ1) is 7.81. The fourth-order valence-electron chi connectivity index (χ4n) is 2.34. The average Bonchev–Trinajstić information content (AvgIpc) is 2.59. The number of hydrogen-bond acceptors (Lipinski definition) is 1. The van der Waals surface area contributed by atoms with Gasteiger partial charge in [0.2, 0.25) is 0 Å². The molecule has 0 aromatic heterocycles. The molecule has 4 heteroatoms. The quantitative estimate of drug-likeness (QED) is 0.733. The minimum Gasteiger partial charge on any atom is -0.300 e. The summed E-state index contributed by atoms with van der Waals surface area (Å²) in [5, 5.41) is 0. The van der Waals surface area contributed by atoms with E-state index in [-0.39, 0.29) is 11.2 Å². The van der Waals surface area contributed by atoms with Crippen molar-refractivity contribution in [1.29, 1.82) is 0 Å². The molecule has 92 valence electrons. The van der Waals surface area contributed by atoms with Gasteiger partial charge in [-0.05, 0) is 29.5 Å². The Morgan fingerprint density at radius 1 is 1.18 bits per heavy atom. The molecule has 0 radical (unpaired) electrons. The summed E-state index contributed by atoms with van der Waals surface area (Å²) in [7, 11) is 0. The van der Waals surface area contributed by atoms with Gasteiger partial charge in [0, 0.05) is 12.8 Å². The van der Waals surface area contributed by atoms with Crippen molar-refractivity contribution in [2.45, 2.75) is 37.8 Å². The van der Waals surface area contributed by atoms with Crippen molar-refractivity contribution in [2.24, 2.45) is 0 Å². The van der Waals surface area contributed by atoms with E-state index in [9.17, 15) is 18.0 Å². The van der Waals surface area contributed by atoms with Gasteiger partial charge in [-0.1, -0.05) is 19.1 Å². The van der Waals surface area contributed by atoms with E-state index in [2.05, 4.69) is 0 Å². The number of halogens is 3. The minimum absolute atomic E-state index is 0.187. The molecule has 1 saturated carbocycles. The average molecular weight is 242 g/mol. The van der Waals surface area contributed by atoms with Gasteiger partial charge >= 0.3 is 6.18 Å². The topological polar surface area (TPSA) is 17.1 Å². The Hall–Kier alpha value is -1.32. The molecule has 1 aliphatic carbocycles. The van der Waals surface area contributed by atoms with Crippen LogP contribution < -0.4 is 0 Å². The van der Waals surface area contributed by atoms with E-state index in [1.165, 1.54) is 12.1 Å². The molecule has 1 fully saturated rings. The molecule has 0 saturated heterocycles. The number of hydrogen-bond donors (Lipinski definition) is 0. The van der Waals surface area contributed by atoms with Crippen LogP contribution in [-0.2, 0) is 16.4 Å². The van der Waals surface area contributed by atoms with Crippen LogP contribution in [0.5, 0.6) is 0 Å². The maximum atomic E-state index is 12.4. The molecule has 1 nitrogen and oxygen atoms in total. The number of ketones is 1. The summed E-state index contributed by atoms with van der Waals surface area (Å²) in [5.41, 5.74) is -0.119. The Kier molecular flexibility index (Phi) is 2.76. The summed E-state index contributed by atoms with van der Waals surface area (Å²) in [6, 6.07) is 5.15. The molecule has 1 aromatic rings. The molecule has 0 amide bonds. The second-order valence-electron chi connectivity index (χ2n) is 4.85. The van der Waals surface area contributed by atoms with Gasteiger partial charge < -0.3 is 0 Å². The maximum Gasteiger partial charge on any atom is 0.416 e. The van der Waals surface area contributed by atoms with Gasteiger partial charge in [0.25, 0.3) is 0 Å². The second-order valence-corrected chi connectivity index (χ2v) is 4.85. The van der Waals surface area contributed by atoms with Crippen molar-refractivity contribution >= 4 is 5.78 Å². The van der Waals surface area contributed by atoms with Gasteiger partial charge in [-0.3, -0.25) is 4.79 Å². The number of carbonyl (C=O) groups is 1. The summed E-state index contributed by atoms with van der Waals surface area (Å²) in [6.07, 6.45) is -2.63. The predicted molar refractivity (Wildman–Crippen MR) is 57.7 cm³/mol. The third-order valence-corrected chi connectivity index (χ3v) is 3.45. The lowest BCUT2D eigenvalue weighted by atomic mass is 9.81. The molecule has 2 rings (SSSR count). The molecule has 0 bridgehead atoms. The van der Waals surface area contributed by atoms with E-state index < -0.39 is 11.7 Å². The number of Topliss-reactive ketones (excluding diaryl/α,β-unsaturated/α-hetero) is 1. The Bertz CT molecular complexity index is 433. The lowest BCUT2D eigenvalue weighted by Crippen LogP contribution is -2.18. The normalized spacial score (nSPS) is 25.3. The molecule has 1 atom stereocenters. The van der Waals surface area contributed by atoms with E-state index >= 15 is 0 Å². The first kappa shape index (κ1) is 12.1. The molecule has 1 unspecified atom stereocenters. The smallest absolute Gasteiger partial charge is 0.300 e. The Morgan fingerprint density at radius 3 is 2.18 bits per heavy atom. The van der Waals surface area contributed by atoms with Gasteiger partial charge in [0.05, 0.1) is 5.56 Å². The maximum absolute atomic E-state index is 12.4. The van der Waals surface area contributed by atoms with Crippen molar-refractivity contribution < 1.29 is 18.0 Å². The van der Waals surface area contributed by atoms with Crippen LogP contribution in [0.15, 0.2) is 24.3 Å². The van der Waals surface area contributed by atoms with Gasteiger partial charge in [-0.2, -0.15) is 13.2 Å². The lowest BCUT2D eigenvalue weighted by molar-refractivity contribution is -0.137. The molecule has 1 aromatic carbocycles. The molecule has 17 heavy (non-hydrogen) atoms. The summed E-state index contributed by atoms with van der Waals surface area (Å²) < 4.78 is 37.2. The van der Waals surface area contributed by atoms with Crippen molar-refractivity contribution in [3.63, 3.8) is 0 Å². The van der Waals surface area contributed by atoms with Crippen LogP contribution in [-0.4, -0.2) is 5.78 Å². The van der Waals surface area contributed by atoms with Gasteiger partial charge in [-0.25, -0.2) is 0 Å². The van der Waals surface area contributed by atoms with Crippen LogP contribution in [0.1, 0.15) is 37.3 Å². The third-order valence-electron chi connectivity index (χ3n) is 3.45. The van der Waals surface area contributed by atoms with Crippen molar-refractivity contribution in [1.82, 2.24) is 0 Å². The number of rotatable bonds is 1. The van der Waals surface area contributed by atoms with E-state index in [0.29, 0.717) is 12.8 Å². The SMILES string of the molecule is CC1(c2ccc(C(F)(F)F)cc2)CCC(=O)C1. The Morgan fingerprint density at radius 2 is 1.76 bits per heavy atom. The van der Waals surface area contributed by atoms with Gasteiger partial charge in [0.15, 0.2) is 0 Å². The molecular formula is C13H13F3O. The van der Waals surface area contributed by atoms with Crippen LogP contribution >= 0.6 is 0 Å². The van der Waals surface area contributed by atoms with Crippen LogP contribution in [0.4, 0.5) is 13.2 Å². The summed E-state index contributed by atoms with van der Waals surface area (Å²) in [6.45, 7) is 1.93.